The van der Waals surface area contributed by atoms with Gasteiger partial charge >= 0.3 is 6.03 Å². The zero-order chi connectivity index (χ0) is 18.6. The third kappa shape index (κ3) is 4.69. The van der Waals surface area contributed by atoms with Crippen molar-refractivity contribution >= 4 is 23.7 Å². The van der Waals surface area contributed by atoms with Crippen molar-refractivity contribution in [1.82, 2.24) is 15.1 Å². The minimum absolute atomic E-state index is 0.0198. The normalized spacial score (nSPS) is 20.2. The molecule has 0 unspecified atom stereocenters. The van der Waals surface area contributed by atoms with E-state index in [9.17, 15) is 9.59 Å². The molecule has 1 aromatic rings. The predicted octanol–water partition coefficient (Wildman–Crippen LogP) is 3.40. The first-order valence-corrected chi connectivity index (χ1v) is 9.86. The molecule has 1 aliphatic rings. The molecule has 1 N–H and O–H groups in total. The summed E-state index contributed by atoms with van der Waals surface area (Å²) < 4.78 is 0. The third-order valence-electron chi connectivity index (χ3n) is 4.40. The molecule has 2 atom stereocenters. The largest absolute Gasteiger partial charge is 0.338 e. The standard InChI is InChI=1S/C19H29N3O2S/c1-6-20-19(24)21(13(2)3)11-12-22-17(23)15(5)25-18(22)16-9-7-14(4)8-10-16/h7-10,13,15,18H,6,11-12H2,1-5H3,(H,20,24)/t15-,18-/m0/s1. The fourth-order valence-corrected chi connectivity index (χ4v) is 4.26. The first-order chi connectivity index (χ1) is 11.8. The summed E-state index contributed by atoms with van der Waals surface area (Å²) in [6, 6.07) is 8.36. The van der Waals surface area contributed by atoms with Crippen LogP contribution >= 0.6 is 11.8 Å². The molecule has 1 saturated heterocycles. The maximum atomic E-state index is 12.6. The highest BCUT2D eigenvalue weighted by Gasteiger charge is 2.38. The predicted molar refractivity (Wildman–Crippen MR) is 104 cm³/mol. The van der Waals surface area contributed by atoms with Gasteiger partial charge in [-0.25, -0.2) is 4.79 Å². The van der Waals surface area contributed by atoms with E-state index in [1.165, 1.54) is 5.56 Å². The van der Waals surface area contributed by atoms with Gasteiger partial charge in [-0.05, 0) is 40.2 Å². The Morgan fingerprint density at radius 3 is 2.52 bits per heavy atom. The van der Waals surface area contributed by atoms with Crippen molar-refractivity contribution in [3.8, 4) is 0 Å². The van der Waals surface area contributed by atoms with Crippen molar-refractivity contribution in [1.29, 1.82) is 0 Å². The topological polar surface area (TPSA) is 52.7 Å². The van der Waals surface area contributed by atoms with Crippen molar-refractivity contribution in [2.75, 3.05) is 19.6 Å². The molecular formula is C19H29N3O2S. The molecule has 0 aliphatic carbocycles. The summed E-state index contributed by atoms with van der Waals surface area (Å²) >= 11 is 1.68. The van der Waals surface area contributed by atoms with Gasteiger partial charge in [0.2, 0.25) is 5.91 Å². The van der Waals surface area contributed by atoms with Gasteiger partial charge in [0.05, 0.1) is 5.25 Å². The van der Waals surface area contributed by atoms with Gasteiger partial charge in [-0.2, -0.15) is 0 Å². The summed E-state index contributed by atoms with van der Waals surface area (Å²) in [6.07, 6.45) is 0. The molecule has 1 heterocycles. The number of nitrogens with zero attached hydrogens (tertiary/aromatic N) is 2. The molecule has 1 aromatic carbocycles. The number of urea groups is 1. The minimum atomic E-state index is -0.0725. The highest BCUT2D eigenvalue weighted by molar-refractivity contribution is 8.01. The smallest absolute Gasteiger partial charge is 0.317 e. The Kier molecular flexibility index (Phi) is 6.76. The summed E-state index contributed by atoms with van der Waals surface area (Å²) in [5, 5.41) is 2.82. The lowest BCUT2D eigenvalue weighted by atomic mass is 10.1. The van der Waals surface area contributed by atoms with Crippen LogP contribution in [0.1, 0.15) is 44.2 Å². The van der Waals surface area contributed by atoms with Gasteiger partial charge in [0.25, 0.3) is 0 Å². The number of aryl methyl sites for hydroxylation is 1. The Balaban J connectivity index is 2.12. The molecule has 3 amide bonds. The van der Waals surface area contributed by atoms with E-state index in [1.54, 1.807) is 16.7 Å². The summed E-state index contributed by atoms with van der Waals surface area (Å²) in [5.41, 5.74) is 2.35. The highest BCUT2D eigenvalue weighted by atomic mass is 32.2. The summed E-state index contributed by atoms with van der Waals surface area (Å²) in [4.78, 5) is 28.6. The first-order valence-electron chi connectivity index (χ1n) is 8.92. The van der Waals surface area contributed by atoms with E-state index < -0.39 is 0 Å². The molecule has 0 radical (unpaired) electrons. The second-order valence-corrected chi connectivity index (χ2v) is 8.12. The fraction of sp³-hybridized carbons (Fsp3) is 0.579. The lowest BCUT2D eigenvalue weighted by Crippen LogP contribution is -2.48. The number of thioether (sulfide) groups is 1. The molecule has 6 heteroatoms. The van der Waals surface area contributed by atoms with Gasteiger partial charge in [0, 0.05) is 25.7 Å². The molecular weight excluding hydrogens is 334 g/mol. The Morgan fingerprint density at radius 1 is 1.32 bits per heavy atom. The molecule has 0 aromatic heterocycles. The SMILES string of the molecule is CCNC(=O)N(CCN1C(=O)[C@H](C)S[C@H]1c1ccc(C)cc1)C(C)C. The number of benzene rings is 1. The number of carbonyl (C=O) groups excluding carboxylic acids is 2. The number of carbonyl (C=O) groups is 2. The van der Waals surface area contributed by atoms with Crippen molar-refractivity contribution in [3.05, 3.63) is 35.4 Å². The van der Waals surface area contributed by atoms with E-state index >= 15 is 0 Å². The molecule has 5 nitrogen and oxygen atoms in total. The lowest BCUT2D eigenvalue weighted by Gasteiger charge is -2.31. The van der Waals surface area contributed by atoms with Gasteiger partial charge in [-0.1, -0.05) is 29.8 Å². The minimum Gasteiger partial charge on any atom is -0.338 e. The molecule has 0 spiro atoms. The van der Waals surface area contributed by atoms with Crippen molar-refractivity contribution in [2.45, 2.75) is 51.3 Å². The Morgan fingerprint density at radius 2 is 1.96 bits per heavy atom. The second kappa shape index (κ2) is 8.61. The fourth-order valence-electron chi connectivity index (χ4n) is 2.95. The number of amides is 3. The van der Waals surface area contributed by atoms with E-state index in [-0.39, 0.29) is 28.6 Å². The monoisotopic (exact) mass is 363 g/mol. The molecule has 0 saturated carbocycles. The van der Waals surface area contributed by atoms with Crippen molar-refractivity contribution in [2.24, 2.45) is 0 Å². The number of rotatable bonds is 6. The van der Waals surface area contributed by atoms with Crippen LogP contribution in [-0.4, -0.2) is 52.7 Å². The van der Waals surface area contributed by atoms with Gasteiger partial charge in [-0.3, -0.25) is 4.79 Å². The van der Waals surface area contributed by atoms with E-state index in [4.69, 9.17) is 0 Å². The number of hydrogen-bond acceptors (Lipinski definition) is 3. The van der Waals surface area contributed by atoms with Crippen LogP contribution in [0.4, 0.5) is 4.79 Å². The van der Waals surface area contributed by atoms with Crippen LogP contribution in [0.5, 0.6) is 0 Å². The maximum absolute atomic E-state index is 12.6. The molecule has 1 fully saturated rings. The Labute approximate surface area is 155 Å². The second-order valence-electron chi connectivity index (χ2n) is 6.70. The van der Waals surface area contributed by atoms with Gasteiger partial charge in [-0.15, -0.1) is 11.8 Å². The van der Waals surface area contributed by atoms with Crippen LogP contribution in [0.2, 0.25) is 0 Å². The van der Waals surface area contributed by atoms with Crippen LogP contribution in [-0.2, 0) is 4.79 Å². The molecule has 2 rings (SSSR count). The van der Waals surface area contributed by atoms with E-state index in [2.05, 4.69) is 36.5 Å². The zero-order valence-electron chi connectivity index (χ0n) is 15.8. The lowest BCUT2D eigenvalue weighted by molar-refractivity contribution is -0.130. The number of hydrogen-bond donors (Lipinski definition) is 1. The highest BCUT2D eigenvalue weighted by Crippen LogP contribution is 2.42. The van der Waals surface area contributed by atoms with E-state index in [0.29, 0.717) is 19.6 Å². The van der Waals surface area contributed by atoms with Crippen LogP contribution in [0.15, 0.2) is 24.3 Å². The average Bonchev–Trinajstić information content (AvgIpc) is 2.84. The summed E-state index contributed by atoms with van der Waals surface area (Å²) in [6.45, 7) is 11.6. The van der Waals surface area contributed by atoms with Crippen LogP contribution in [0.3, 0.4) is 0 Å². The van der Waals surface area contributed by atoms with Gasteiger partial charge in [0.1, 0.15) is 5.37 Å². The van der Waals surface area contributed by atoms with Crippen molar-refractivity contribution < 1.29 is 9.59 Å². The number of nitrogens with one attached hydrogen (secondary N) is 1. The van der Waals surface area contributed by atoms with Crippen molar-refractivity contribution in [3.63, 3.8) is 0 Å². The van der Waals surface area contributed by atoms with Crippen LogP contribution in [0, 0.1) is 6.92 Å². The van der Waals surface area contributed by atoms with Gasteiger partial charge in [0.15, 0.2) is 0 Å². The van der Waals surface area contributed by atoms with E-state index in [0.717, 1.165) is 5.56 Å². The zero-order valence-corrected chi connectivity index (χ0v) is 16.6. The molecule has 1 aliphatic heterocycles. The first kappa shape index (κ1) is 19.6. The third-order valence-corrected chi connectivity index (χ3v) is 5.80. The molecule has 25 heavy (non-hydrogen) atoms. The van der Waals surface area contributed by atoms with E-state index in [1.807, 2.05) is 32.6 Å². The molecule has 138 valence electrons. The summed E-state index contributed by atoms with van der Waals surface area (Å²) in [7, 11) is 0. The van der Waals surface area contributed by atoms with Crippen LogP contribution < -0.4 is 5.32 Å². The summed E-state index contributed by atoms with van der Waals surface area (Å²) in [5.74, 6) is 0.148. The molecule has 0 bridgehead atoms. The van der Waals surface area contributed by atoms with Gasteiger partial charge < -0.3 is 15.1 Å². The average molecular weight is 364 g/mol. The maximum Gasteiger partial charge on any atom is 0.317 e. The Hall–Kier alpha value is -1.69. The van der Waals surface area contributed by atoms with Crippen LogP contribution in [0.25, 0.3) is 0 Å². The quantitative estimate of drug-likeness (QED) is 0.843. The Bertz CT molecular complexity index is 603.